The molecule has 0 bridgehead atoms. The zero-order valence-electron chi connectivity index (χ0n) is 8.22. The quantitative estimate of drug-likeness (QED) is 0.541. The molecule has 3 heteroatoms. The topological polar surface area (TPSA) is 9.23 Å². The van der Waals surface area contributed by atoms with Gasteiger partial charge in [-0.3, -0.25) is 0 Å². The first-order chi connectivity index (χ1) is 6.74. The van der Waals surface area contributed by atoms with Crippen LogP contribution >= 0.6 is 11.6 Å². The minimum Gasteiger partial charge on any atom is -0.493 e. The van der Waals surface area contributed by atoms with Gasteiger partial charge in [0, 0.05) is 11.9 Å². The maximum absolute atomic E-state index is 13.1. The van der Waals surface area contributed by atoms with Gasteiger partial charge in [0.2, 0.25) is 0 Å². The lowest BCUT2D eigenvalue weighted by Crippen LogP contribution is -1.98. The third kappa shape index (κ3) is 3.54. The molecule has 1 aromatic rings. The summed E-state index contributed by atoms with van der Waals surface area (Å²) in [6.45, 7) is 2.32. The second kappa shape index (κ2) is 5.86. The van der Waals surface area contributed by atoms with Crippen molar-refractivity contribution in [1.82, 2.24) is 0 Å². The van der Waals surface area contributed by atoms with Crippen LogP contribution in [0.15, 0.2) is 18.2 Å². The maximum atomic E-state index is 13.1. The molecule has 0 unspecified atom stereocenters. The van der Waals surface area contributed by atoms with Crippen molar-refractivity contribution >= 4 is 11.6 Å². The minimum absolute atomic E-state index is 0.222. The minimum atomic E-state index is -0.222. The largest absolute Gasteiger partial charge is 0.493 e. The number of aryl methyl sites for hydroxylation is 1. The molecule has 0 saturated carbocycles. The smallest absolute Gasteiger partial charge is 0.129 e. The first-order valence-electron chi connectivity index (χ1n) is 4.69. The van der Waals surface area contributed by atoms with E-state index in [0.717, 1.165) is 12.8 Å². The van der Waals surface area contributed by atoms with Crippen molar-refractivity contribution < 1.29 is 9.13 Å². The van der Waals surface area contributed by atoms with Crippen molar-refractivity contribution in [2.45, 2.75) is 19.8 Å². The molecule has 1 rings (SSSR count). The Hall–Kier alpha value is -0.760. The summed E-state index contributed by atoms with van der Waals surface area (Å²) in [6, 6.07) is 4.90. The van der Waals surface area contributed by atoms with E-state index in [0.29, 0.717) is 23.8 Å². The van der Waals surface area contributed by atoms with Gasteiger partial charge in [-0.15, -0.1) is 11.6 Å². The Labute approximate surface area is 88.8 Å². The van der Waals surface area contributed by atoms with Crippen LogP contribution in [0.4, 0.5) is 4.39 Å². The van der Waals surface area contributed by atoms with E-state index in [1.54, 1.807) is 19.1 Å². The molecule has 0 atom stereocenters. The molecule has 14 heavy (non-hydrogen) atoms. The van der Waals surface area contributed by atoms with Gasteiger partial charge in [0.25, 0.3) is 0 Å². The first kappa shape index (κ1) is 11.3. The van der Waals surface area contributed by atoms with Gasteiger partial charge in [-0.25, -0.2) is 4.39 Å². The summed E-state index contributed by atoms with van der Waals surface area (Å²) in [6.07, 6.45) is 1.83. The number of rotatable bonds is 5. The predicted octanol–water partition coefficient (Wildman–Crippen LogP) is 3.53. The maximum Gasteiger partial charge on any atom is 0.129 e. The van der Waals surface area contributed by atoms with Crippen LogP contribution in [0.5, 0.6) is 5.75 Å². The van der Waals surface area contributed by atoms with Gasteiger partial charge in [0.1, 0.15) is 11.6 Å². The molecule has 0 aromatic heterocycles. The lowest BCUT2D eigenvalue weighted by molar-refractivity contribution is 0.308. The number of ether oxygens (including phenoxy) is 1. The fourth-order valence-electron chi connectivity index (χ4n) is 1.05. The molecule has 0 radical (unpaired) electrons. The highest BCUT2D eigenvalue weighted by Crippen LogP contribution is 2.15. The second-order valence-corrected chi connectivity index (χ2v) is 3.53. The molecule has 0 aliphatic heterocycles. The van der Waals surface area contributed by atoms with Crippen molar-refractivity contribution in [2.75, 3.05) is 12.5 Å². The molecule has 0 amide bonds. The highest BCUT2D eigenvalue weighted by Gasteiger charge is 1.99. The van der Waals surface area contributed by atoms with Crippen LogP contribution in [0.3, 0.4) is 0 Å². The SMILES string of the molecule is Cc1ccc(OCCCCCl)cc1F. The normalized spacial score (nSPS) is 10.2. The Balaban J connectivity index is 2.39. The third-order valence-electron chi connectivity index (χ3n) is 1.94. The van der Waals surface area contributed by atoms with Gasteiger partial charge >= 0.3 is 0 Å². The van der Waals surface area contributed by atoms with Crippen LogP contribution in [0, 0.1) is 12.7 Å². The average Bonchev–Trinajstić information content (AvgIpc) is 2.18. The molecule has 0 saturated heterocycles. The number of benzene rings is 1. The molecular formula is C11H14ClFO. The van der Waals surface area contributed by atoms with Crippen LogP contribution in [0.2, 0.25) is 0 Å². The average molecular weight is 217 g/mol. The Morgan fingerprint density at radius 3 is 2.79 bits per heavy atom. The monoisotopic (exact) mass is 216 g/mol. The fraction of sp³-hybridized carbons (Fsp3) is 0.455. The Morgan fingerprint density at radius 2 is 2.14 bits per heavy atom. The molecule has 1 aromatic carbocycles. The van der Waals surface area contributed by atoms with E-state index in [1.807, 2.05) is 0 Å². The first-order valence-corrected chi connectivity index (χ1v) is 5.22. The van der Waals surface area contributed by atoms with Crippen molar-refractivity contribution in [3.8, 4) is 5.75 Å². The van der Waals surface area contributed by atoms with Crippen LogP contribution in [-0.4, -0.2) is 12.5 Å². The molecule has 0 spiro atoms. The van der Waals surface area contributed by atoms with Gasteiger partial charge < -0.3 is 4.74 Å². The van der Waals surface area contributed by atoms with E-state index in [1.165, 1.54) is 6.07 Å². The van der Waals surface area contributed by atoms with E-state index in [2.05, 4.69) is 0 Å². The summed E-state index contributed by atoms with van der Waals surface area (Å²) in [4.78, 5) is 0. The van der Waals surface area contributed by atoms with Crippen molar-refractivity contribution in [1.29, 1.82) is 0 Å². The van der Waals surface area contributed by atoms with Crippen molar-refractivity contribution in [2.24, 2.45) is 0 Å². The van der Waals surface area contributed by atoms with E-state index in [9.17, 15) is 4.39 Å². The van der Waals surface area contributed by atoms with Gasteiger partial charge in [0.15, 0.2) is 0 Å². The zero-order valence-corrected chi connectivity index (χ0v) is 8.98. The fourth-order valence-corrected chi connectivity index (χ4v) is 1.24. The Bertz CT molecular complexity index is 289. The van der Waals surface area contributed by atoms with Gasteiger partial charge in [-0.1, -0.05) is 6.07 Å². The second-order valence-electron chi connectivity index (χ2n) is 3.16. The standard InChI is InChI=1S/C11H14ClFO/c1-9-4-5-10(8-11(9)13)14-7-3-2-6-12/h4-5,8H,2-3,6-7H2,1H3. The van der Waals surface area contributed by atoms with Crippen molar-refractivity contribution in [3.63, 3.8) is 0 Å². The summed E-state index contributed by atoms with van der Waals surface area (Å²) in [5.41, 5.74) is 0.637. The summed E-state index contributed by atoms with van der Waals surface area (Å²) in [7, 11) is 0. The lowest BCUT2D eigenvalue weighted by Gasteiger charge is -2.06. The third-order valence-corrected chi connectivity index (χ3v) is 2.21. The summed E-state index contributed by atoms with van der Waals surface area (Å²) >= 11 is 5.51. The van der Waals surface area contributed by atoms with Crippen molar-refractivity contribution in [3.05, 3.63) is 29.6 Å². The molecule has 1 nitrogen and oxygen atoms in total. The van der Waals surface area contributed by atoms with Crippen LogP contribution in [-0.2, 0) is 0 Å². The summed E-state index contributed by atoms with van der Waals surface area (Å²) < 4.78 is 18.4. The van der Waals surface area contributed by atoms with E-state index in [4.69, 9.17) is 16.3 Å². The zero-order chi connectivity index (χ0) is 10.4. The van der Waals surface area contributed by atoms with E-state index in [-0.39, 0.29) is 5.82 Å². The van der Waals surface area contributed by atoms with E-state index < -0.39 is 0 Å². The number of hydrogen-bond acceptors (Lipinski definition) is 1. The number of alkyl halides is 1. The molecule has 0 aliphatic carbocycles. The number of hydrogen-bond donors (Lipinski definition) is 0. The highest BCUT2D eigenvalue weighted by atomic mass is 35.5. The predicted molar refractivity (Wildman–Crippen MR) is 56.6 cm³/mol. The van der Waals surface area contributed by atoms with Crippen LogP contribution in [0.1, 0.15) is 18.4 Å². The summed E-state index contributed by atoms with van der Waals surface area (Å²) in [5, 5.41) is 0. The number of halogens is 2. The van der Waals surface area contributed by atoms with Crippen LogP contribution in [0.25, 0.3) is 0 Å². The Morgan fingerprint density at radius 1 is 1.36 bits per heavy atom. The summed E-state index contributed by atoms with van der Waals surface area (Å²) in [5.74, 6) is 1.01. The molecular weight excluding hydrogens is 203 g/mol. The lowest BCUT2D eigenvalue weighted by atomic mass is 10.2. The van der Waals surface area contributed by atoms with E-state index >= 15 is 0 Å². The molecule has 0 aliphatic rings. The highest BCUT2D eigenvalue weighted by molar-refractivity contribution is 6.17. The molecule has 0 fully saturated rings. The molecule has 0 heterocycles. The van der Waals surface area contributed by atoms with Gasteiger partial charge in [0.05, 0.1) is 6.61 Å². The van der Waals surface area contributed by atoms with Gasteiger partial charge in [-0.05, 0) is 31.4 Å². The van der Waals surface area contributed by atoms with Crippen LogP contribution < -0.4 is 4.74 Å². The number of unbranched alkanes of at least 4 members (excludes halogenated alkanes) is 1. The molecule has 78 valence electrons. The molecule has 0 N–H and O–H groups in total. The Kier molecular flexibility index (Phi) is 4.74. The van der Waals surface area contributed by atoms with Gasteiger partial charge in [-0.2, -0.15) is 0 Å².